The van der Waals surface area contributed by atoms with Gasteiger partial charge in [-0.1, -0.05) is 6.92 Å². The molecule has 0 aliphatic carbocycles. The van der Waals surface area contributed by atoms with Gasteiger partial charge in [-0.05, 0) is 12.3 Å². The van der Waals surface area contributed by atoms with Crippen LogP contribution in [0.2, 0.25) is 0 Å². The Morgan fingerprint density at radius 2 is 2.17 bits per heavy atom. The molecule has 12 heavy (non-hydrogen) atoms. The number of hydrogen-bond donors (Lipinski definition) is 2. The van der Waals surface area contributed by atoms with E-state index in [1.54, 1.807) is 0 Å². The molecule has 0 aromatic heterocycles. The Kier molecular flexibility index (Phi) is 4.53. The third kappa shape index (κ3) is 3.49. The summed E-state index contributed by atoms with van der Waals surface area (Å²) in [4.78, 5) is 0. The summed E-state index contributed by atoms with van der Waals surface area (Å²) in [5.74, 6) is 5.77. The van der Waals surface area contributed by atoms with Crippen LogP contribution in [0.3, 0.4) is 0 Å². The number of nitrogens with one attached hydrogen (secondary N) is 1. The van der Waals surface area contributed by atoms with Gasteiger partial charge in [0.1, 0.15) is 0 Å². The Morgan fingerprint density at radius 3 is 2.75 bits per heavy atom. The molecule has 0 amide bonds. The molecule has 1 aliphatic heterocycles. The van der Waals surface area contributed by atoms with Crippen LogP contribution in [0.15, 0.2) is 0 Å². The third-order valence-corrected chi connectivity index (χ3v) is 2.07. The highest BCUT2D eigenvalue weighted by Gasteiger charge is 2.18. The summed E-state index contributed by atoms with van der Waals surface area (Å²) in [5.41, 5.74) is 2.64. The van der Waals surface area contributed by atoms with Crippen LogP contribution in [0.1, 0.15) is 19.8 Å². The Hall–Kier alpha value is -0.160. The van der Waals surface area contributed by atoms with Gasteiger partial charge in [-0.3, -0.25) is 11.3 Å². The molecule has 0 spiro atoms. The molecular formula is C8H18N2O2. The molecule has 0 bridgehead atoms. The van der Waals surface area contributed by atoms with E-state index in [1.807, 2.05) is 0 Å². The normalized spacial score (nSPS) is 21.5. The molecule has 1 fully saturated rings. The van der Waals surface area contributed by atoms with Gasteiger partial charge < -0.3 is 9.47 Å². The lowest BCUT2D eigenvalue weighted by molar-refractivity contribution is -0.0560. The van der Waals surface area contributed by atoms with Crippen molar-refractivity contribution in [1.29, 1.82) is 0 Å². The largest absolute Gasteiger partial charge is 0.350 e. The van der Waals surface area contributed by atoms with E-state index in [9.17, 15) is 0 Å². The summed E-state index contributed by atoms with van der Waals surface area (Å²) in [6.07, 6.45) is 2.07. The van der Waals surface area contributed by atoms with Crippen LogP contribution in [-0.2, 0) is 9.47 Å². The Balaban J connectivity index is 2.03. The van der Waals surface area contributed by atoms with Crippen LogP contribution in [0.4, 0.5) is 0 Å². The zero-order valence-electron chi connectivity index (χ0n) is 7.58. The van der Waals surface area contributed by atoms with Crippen molar-refractivity contribution in [3.63, 3.8) is 0 Å². The van der Waals surface area contributed by atoms with E-state index in [2.05, 4.69) is 12.3 Å². The molecule has 1 atom stereocenters. The molecule has 4 nitrogen and oxygen atoms in total. The lowest BCUT2D eigenvalue weighted by Crippen LogP contribution is -2.25. The second-order valence-corrected chi connectivity index (χ2v) is 3.25. The molecule has 1 saturated heterocycles. The zero-order valence-corrected chi connectivity index (χ0v) is 7.58. The fourth-order valence-electron chi connectivity index (χ4n) is 1.32. The first-order valence-corrected chi connectivity index (χ1v) is 4.49. The summed E-state index contributed by atoms with van der Waals surface area (Å²) in [7, 11) is 0. The van der Waals surface area contributed by atoms with Crippen molar-refractivity contribution in [1.82, 2.24) is 5.43 Å². The highest BCUT2D eigenvalue weighted by molar-refractivity contribution is 4.60. The van der Waals surface area contributed by atoms with Gasteiger partial charge in [-0.25, -0.2) is 0 Å². The average Bonchev–Trinajstić information content (AvgIpc) is 2.53. The first-order valence-electron chi connectivity index (χ1n) is 4.49. The smallest absolute Gasteiger partial charge is 0.158 e. The average molecular weight is 174 g/mol. The van der Waals surface area contributed by atoms with Crippen LogP contribution >= 0.6 is 0 Å². The van der Waals surface area contributed by atoms with Gasteiger partial charge in [0, 0.05) is 13.0 Å². The molecule has 1 unspecified atom stereocenters. The molecule has 0 saturated carbocycles. The van der Waals surface area contributed by atoms with E-state index in [0.29, 0.717) is 5.92 Å². The third-order valence-electron chi connectivity index (χ3n) is 2.07. The number of nitrogens with two attached hydrogens (primary N) is 1. The molecular weight excluding hydrogens is 156 g/mol. The molecule has 1 rings (SSSR count). The van der Waals surface area contributed by atoms with E-state index < -0.39 is 0 Å². The summed E-state index contributed by atoms with van der Waals surface area (Å²) in [6.45, 7) is 4.52. The first kappa shape index (κ1) is 9.92. The lowest BCUT2D eigenvalue weighted by atomic mass is 10.0. The van der Waals surface area contributed by atoms with Crippen molar-refractivity contribution in [2.24, 2.45) is 11.8 Å². The number of hydrogen-bond acceptors (Lipinski definition) is 4. The highest BCUT2D eigenvalue weighted by atomic mass is 16.7. The maximum Gasteiger partial charge on any atom is 0.158 e. The van der Waals surface area contributed by atoms with E-state index in [4.69, 9.17) is 15.3 Å². The minimum absolute atomic E-state index is 0.0257. The minimum atomic E-state index is 0.0257. The molecule has 0 aromatic carbocycles. The maximum atomic E-state index is 5.33. The Labute approximate surface area is 73.4 Å². The predicted octanol–water partition coefficient (Wildman–Crippen LogP) is 0.239. The van der Waals surface area contributed by atoms with Gasteiger partial charge in [0.05, 0.1) is 13.2 Å². The van der Waals surface area contributed by atoms with Gasteiger partial charge in [-0.2, -0.15) is 0 Å². The van der Waals surface area contributed by atoms with Crippen LogP contribution in [-0.4, -0.2) is 26.0 Å². The van der Waals surface area contributed by atoms with Crippen LogP contribution in [0, 0.1) is 5.92 Å². The number of rotatable bonds is 5. The van der Waals surface area contributed by atoms with E-state index in [1.165, 1.54) is 0 Å². The van der Waals surface area contributed by atoms with Crippen molar-refractivity contribution in [2.75, 3.05) is 19.8 Å². The standard InChI is InChI=1S/C8H18N2O2/c1-7(2-3-10-9)6-8-11-4-5-12-8/h7-8,10H,2-6,9H2,1H3. The van der Waals surface area contributed by atoms with Crippen molar-refractivity contribution < 1.29 is 9.47 Å². The second-order valence-electron chi connectivity index (χ2n) is 3.25. The summed E-state index contributed by atoms with van der Waals surface area (Å²) >= 11 is 0. The maximum absolute atomic E-state index is 5.33. The van der Waals surface area contributed by atoms with Crippen molar-refractivity contribution in [3.8, 4) is 0 Å². The highest BCUT2D eigenvalue weighted by Crippen LogP contribution is 2.16. The van der Waals surface area contributed by atoms with E-state index >= 15 is 0 Å². The molecule has 3 N–H and O–H groups in total. The van der Waals surface area contributed by atoms with Gasteiger partial charge >= 0.3 is 0 Å². The van der Waals surface area contributed by atoms with E-state index in [0.717, 1.165) is 32.6 Å². The summed E-state index contributed by atoms with van der Waals surface area (Å²) in [5, 5.41) is 0. The Morgan fingerprint density at radius 1 is 1.50 bits per heavy atom. The quantitative estimate of drug-likeness (QED) is 0.463. The fraction of sp³-hybridized carbons (Fsp3) is 1.00. The molecule has 4 heteroatoms. The van der Waals surface area contributed by atoms with Gasteiger partial charge in [0.25, 0.3) is 0 Å². The molecule has 1 heterocycles. The fourth-order valence-corrected chi connectivity index (χ4v) is 1.32. The number of hydrazine groups is 1. The topological polar surface area (TPSA) is 56.5 Å². The molecule has 0 radical (unpaired) electrons. The van der Waals surface area contributed by atoms with Crippen LogP contribution in [0.5, 0.6) is 0 Å². The van der Waals surface area contributed by atoms with Crippen molar-refractivity contribution in [3.05, 3.63) is 0 Å². The van der Waals surface area contributed by atoms with Crippen molar-refractivity contribution in [2.45, 2.75) is 26.1 Å². The SMILES string of the molecule is CC(CCNN)CC1OCCO1. The van der Waals surface area contributed by atoms with E-state index in [-0.39, 0.29) is 6.29 Å². The monoisotopic (exact) mass is 174 g/mol. The Bertz CT molecular complexity index is 116. The molecule has 72 valence electrons. The van der Waals surface area contributed by atoms with Crippen LogP contribution in [0.25, 0.3) is 0 Å². The summed E-state index contributed by atoms with van der Waals surface area (Å²) in [6, 6.07) is 0. The molecule has 1 aliphatic rings. The zero-order chi connectivity index (χ0) is 8.81. The van der Waals surface area contributed by atoms with Crippen molar-refractivity contribution >= 4 is 0 Å². The second kappa shape index (κ2) is 5.48. The predicted molar refractivity (Wildman–Crippen MR) is 46.3 cm³/mol. The summed E-state index contributed by atoms with van der Waals surface area (Å²) < 4.78 is 10.7. The molecule has 0 aromatic rings. The number of ether oxygens (including phenoxy) is 2. The van der Waals surface area contributed by atoms with Gasteiger partial charge in [-0.15, -0.1) is 0 Å². The van der Waals surface area contributed by atoms with Crippen LogP contribution < -0.4 is 11.3 Å². The minimum Gasteiger partial charge on any atom is -0.350 e. The first-order chi connectivity index (χ1) is 5.83. The lowest BCUT2D eigenvalue weighted by Gasteiger charge is -2.14. The van der Waals surface area contributed by atoms with Gasteiger partial charge in [0.2, 0.25) is 0 Å². The van der Waals surface area contributed by atoms with Gasteiger partial charge in [0.15, 0.2) is 6.29 Å².